The molecule has 0 fully saturated rings. The van der Waals surface area contributed by atoms with E-state index in [0.717, 1.165) is 0 Å². The maximum Gasteiger partial charge on any atom is 0.313 e. The zero-order valence-electron chi connectivity index (χ0n) is 12.9. The minimum Gasteiger partial charge on any atom is -0.396 e. The Balaban J connectivity index is 2.49. The summed E-state index contributed by atoms with van der Waals surface area (Å²) in [4.78, 5) is 23.1. The van der Waals surface area contributed by atoms with Crippen LogP contribution in [0.5, 0.6) is 0 Å². The van der Waals surface area contributed by atoms with E-state index >= 15 is 0 Å². The Labute approximate surface area is 131 Å². The smallest absolute Gasteiger partial charge is 0.313 e. The molecule has 0 aliphatic carbocycles. The molecule has 5 nitrogen and oxygen atoms in total. The summed E-state index contributed by atoms with van der Waals surface area (Å²) in [5.41, 5.74) is -0.910. The van der Waals surface area contributed by atoms with Crippen LogP contribution in [-0.4, -0.2) is 30.1 Å². The third-order valence-corrected chi connectivity index (χ3v) is 3.21. The van der Waals surface area contributed by atoms with Crippen molar-refractivity contribution in [3.8, 4) is 0 Å². The number of aliphatic hydroxyl groups excluding tert-OH is 1. The summed E-state index contributed by atoms with van der Waals surface area (Å²) in [5, 5.41) is 13.3. The molecule has 0 saturated heterocycles. The molecule has 0 aliphatic heterocycles. The fraction of sp³-hybridized carbons (Fsp3) is 0.467. The maximum absolute atomic E-state index is 13.4. The van der Waals surface area contributed by atoms with Crippen LogP contribution in [0.2, 0.25) is 0 Å². The first-order chi connectivity index (χ1) is 10.7. The van der Waals surface area contributed by atoms with E-state index in [1.807, 2.05) is 19.2 Å². The lowest BCUT2D eigenvalue weighted by molar-refractivity contribution is -0.136. The highest BCUT2D eigenvalue weighted by Crippen LogP contribution is 2.20. The average molecular weight is 332 g/mol. The summed E-state index contributed by atoms with van der Waals surface area (Å²) in [6.07, 6.45) is 1.16. The molecule has 1 rings (SSSR count). The topological polar surface area (TPSA) is 78.4 Å². The van der Waals surface area contributed by atoms with Gasteiger partial charge in [-0.3, -0.25) is 9.59 Å². The van der Waals surface area contributed by atoms with Crippen LogP contribution < -0.4 is 10.6 Å². The SMILES string of the molecule is CC(C)(CO)CCCNC(=O)C(=O)Nc1cc(F)c(F)cc1F. The summed E-state index contributed by atoms with van der Waals surface area (Å²) in [7, 11) is 0. The molecule has 1 aromatic carbocycles. The van der Waals surface area contributed by atoms with Crippen molar-refractivity contribution < 1.29 is 27.9 Å². The Morgan fingerprint density at radius 2 is 1.70 bits per heavy atom. The van der Waals surface area contributed by atoms with Crippen LogP contribution in [0, 0.1) is 22.9 Å². The Hall–Kier alpha value is -2.09. The van der Waals surface area contributed by atoms with E-state index in [2.05, 4.69) is 5.32 Å². The van der Waals surface area contributed by atoms with Gasteiger partial charge in [0.15, 0.2) is 11.6 Å². The molecule has 0 radical (unpaired) electrons. The molecule has 0 aliphatic rings. The van der Waals surface area contributed by atoms with Crippen molar-refractivity contribution in [1.82, 2.24) is 5.32 Å². The van der Waals surface area contributed by atoms with Crippen molar-refractivity contribution in [3.05, 3.63) is 29.6 Å². The van der Waals surface area contributed by atoms with E-state index in [9.17, 15) is 22.8 Å². The highest BCUT2D eigenvalue weighted by Gasteiger charge is 2.19. The zero-order chi connectivity index (χ0) is 17.6. The molecule has 0 spiro atoms. The van der Waals surface area contributed by atoms with Gasteiger partial charge in [-0.05, 0) is 18.3 Å². The fourth-order valence-corrected chi connectivity index (χ4v) is 1.73. The van der Waals surface area contributed by atoms with E-state index in [1.54, 1.807) is 0 Å². The van der Waals surface area contributed by atoms with Gasteiger partial charge in [-0.25, -0.2) is 13.2 Å². The van der Waals surface area contributed by atoms with Gasteiger partial charge in [0.1, 0.15) is 5.82 Å². The molecule has 0 atom stereocenters. The van der Waals surface area contributed by atoms with Gasteiger partial charge in [-0.1, -0.05) is 13.8 Å². The van der Waals surface area contributed by atoms with Crippen molar-refractivity contribution in [2.45, 2.75) is 26.7 Å². The van der Waals surface area contributed by atoms with Crippen LogP contribution >= 0.6 is 0 Å². The second-order valence-electron chi connectivity index (χ2n) is 5.88. The van der Waals surface area contributed by atoms with Crippen LogP contribution in [0.15, 0.2) is 12.1 Å². The first-order valence-corrected chi connectivity index (χ1v) is 7.01. The van der Waals surface area contributed by atoms with Crippen LogP contribution in [0.1, 0.15) is 26.7 Å². The Bertz CT molecular complexity index is 592. The predicted octanol–water partition coefficient (Wildman–Crippen LogP) is 1.96. The number of aliphatic hydroxyl groups is 1. The highest BCUT2D eigenvalue weighted by atomic mass is 19.2. The molecule has 3 N–H and O–H groups in total. The number of anilines is 1. The molecule has 0 bridgehead atoms. The van der Waals surface area contributed by atoms with Gasteiger partial charge in [0.05, 0.1) is 5.69 Å². The Kier molecular flexibility index (Phi) is 6.56. The first kappa shape index (κ1) is 19.0. The number of carbonyl (C=O) groups excluding carboxylic acids is 2. The molecule has 0 unspecified atom stereocenters. The standard InChI is InChI=1S/C15H19F3N2O3/c1-15(2,8-21)4-3-5-19-13(22)14(23)20-12-7-10(17)9(16)6-11(12)18/h6-7,21H,3-5,8H2,1-2H3,(H,19,22)(H,20,23). The maximum atomic E-state index is 13.4. The van der Waals surface area contributed by atoms with E-state index in [1.165, 1.54) is 0 Å². The second-order valence-corrected chi connectivity index (χ2v) is 5.88. The van der Waals surface area contributed by atoms with E-state index in [-0.39, 0.29) is 24.6 Å². The van der Waals surface area contributed by atoms with Crippen molar-refractivity contribution in [2.75, 3.05) is 18.5 Å². The van der Waals surface area contributed by atoms with E-state index < -0.39 is 35.0 Å². The van der Waals surface area contributed by atoms with Gasteiger partial charge in [-0.15, -0.1) is 0 Å². The summed E-state index contributed by atoms with van der Waals surface area (Å²) >= 11 is 0. The van der Waals surface area contributed by atoms with Crippen LogP contribution in [0.3, 0.4) is 0 Å². The third kappa shape index (κ3) is 5.90. The van der Waals surface area contributed by atoms with E-state index in [4.69, 9.17) is 5.11 Å². The average Bonchev–Trinajstić information content (AvgIpc) is 2.48. The molecule has 1 aromatic rings. The van der Waals surface area contributed by atoms with Gasteiger partial charge in [0, 0.05) is 25.3 Å². The number of nitrogens with one attached hydrogen (secondary N) is 2. The zero-order valence-corrected chi connectivity index (χ0v) is 12.9. The lowest BCUT2D eigenvalue weighted by Crippen LogP contribution is -2.36. The van der Waals surface area contributed by atoms with Gasteiger partial charge in [0.25, 0.3) is 0 Å². The monoisotopic (exact) mass is 332 g/mol. The van der Waals surface area contributed by atoms with E-state index in [0.29, 0.717) is 18.9 Å². The molecular weight excluding hydrogens is 313 g/mol. The van der Waals surface area contributed by atoms with Gasteiger partial charge < -0.3 is 15.7 Å². The number of hydrogen-bond donors (Lipinski definition) is 3. The number of rotatable bonds is 6. The molecule has 0 heterocycles. The van der Waals surface area contributed by atoms with Crippen LogP contribution in [0.25, 0.3) is 0 Å². The molecule has 0 saturated carbocycles. The molecule has 0 aromatic heterocycles. The van der Waals surface area contributed by atoms with Gasteiger partial charge >= 0.3 is 11.8 Å². The summed E-state index contributed by atoms with van der Waals surface area (Å²) in [5.74, 6) is -6.12. The molecular formula is C15H19F3N2O3. The van der Waals surface area contributed by atoms with Crippen molar-refractivity contribution in [3.63, 3.8) is 0 Å². The number of benzene rings is 1. The molecule has 2 amide bonds. The molecule has 8 heteroatoms. The normalized spacial score (nSPS) is 11.2. The Morgan fingerprint density at radius 3 is 2.30 bits per heavy atom. The minimum absolute atomic E-state index is 0.00313. The lowest BCUT2D eigenvalue weighted by atomic mass is 9.89. The number of hydrogen-bond acceptors (Lipinski definition) is 3. The first-order valence-electron chi connectivity index (χ1n) is 7.01. The quantitative estimate of drug-likeness (QED) is 0.423. The van der Waals surface area contributed by atoms with Crippen LogP contribution in [0.4, 0.5) is 18.9 Å². The van der Waals surface area contributed by atoms with Gasteiger partial charge in [0.2, 0.25) is 0 Å². The lowest BCUT2D eigenvalue weighted by Gasteiger charge is -2.21. The number of carbonyl (C=O) groups is 2. The van der Waals surface area contributed by atoms with Crippen molar-refractivity contribution >= 4 is 17.5 Å². The Morgan fingerprint density at radius 1 is 1.09 bits per heavy atom. The van der Waals surface area contributed by atoms with Crippen molar-refractivity contribution in [1.29, 1.82) is 0 Å². The second kappa shape index (κ2) is 7.96. The largest absolute Gasteiger partial charge is 0.396 e. The number of halogens is 3. The summed E-state index contributed by atoms with van der Waals surface area (Å²) in [6, 6.07) is 0.736. The van der Waals surface area contributed by atoms with Gasteiger partial charge in [-0.2, -0.15) is 0 Å². The summed E-state index contributed by atoms with van der Waals surface area (Å²) < 4.78 is 39.1. The molecule has 128 valence electrons. The number of amides is 2. The predicted molar refractivity (Wildman–Crippen MR) is 78.1 cm³/mol. The summed E-state index contributed by atoms with van der Waals surface area (Å²) in [6.45, 7) is 3.90. The van der Waals surface area contributed by atoms with Crippen LogP contribution in [-0.2, 0) is 9.59 Å². The minimum atomic E-state index is -1.39. The fourth-order valence-electron chi connectivity index (χ4n) is 1.73. The third-order valence-electron chi connectivity index (χ3n) is 3.21. The highest BCUT2D eigenvalue weighted by molar-refractivity contribution is 6.39. The molecule has 23 heavy (non-hydrogen) atoms. The van der Waals surface area contributed by atoms with Crippen molar-refractivity contribution in [2.24, 2.45) is 5.41 Å².